The standard InChI is InChI=1S/C18H17FN2O2/c19-14-7-5-12(6-8-14)10-20-17(18(22)23)9-13-11-21-16-4-2-1-3-15(13)16/h1-8,11,17,20-21H,9-10H2,(H,22,23). The first-order valence-electron chi connectivity index (χ1n) is 7.39. The van der Waals surface area contributed by atoms with Gasteiger partial charge in [-0.2, -0.15) is 0 Å². The molecular formula is C18H17FN2O2. The van der Waals surface area contributed by atoms with Gasteiger partial charge in [-0.3, -0.25) is 4.79 Å². The first kappa shape index (κ1) is 15.2. The summed E-state index contributed by atoms with van der Waals surface area (Å²) in [6.07, 6.45) is 2.22. The number of para-hydroxylation sites is 1. The van der Waals surface area contributed by atoms with E-state index in [4.69, 9.17) is 0 Å². The zero-order valence-corrected chi connectivity index (χ0v) is 12.4. The normalized spacial score (nSPS) is 12.4. The lowest BCUT2D eigenvalue weighted by Gasteiger charge is -2.14. The minimum absolute atomic E-state index is 0.303. The molecular weight excluding hydrogens is 295 g/mol. The molecule has 4 nitrogen and oxygen atoms in total. The Kier molecular flexibility index (Phi) is 4.39. The summed E-state index contributed by atoms with van der Waals surface area (Å²) in [5.41, 5.74) is 2.79. The number of benzene rings is 2. The zero-order chi connectivity index (χ0) is 16.2. The van der Waals surface area contributed by atoms with E-state index in [0.717, 1.165) is 22.0 Å². The van der Waals surface area contributed by atoms with Crippen molar-refractivity contribution in [3.05, 3.63) is 71.7 Å². The highest BCUT2D eigenvalue weighted by Crippen LogP contribution is 2.19. The van der Waals surface area contributed by atoms with Crippen molar-refractivity contribution in [3.63, 3.8) is 0 Å². The van der Waals surface area contributed by atoms with Crippen LogP contribution < -0.4 is 5.32 Å². The molecule has 0 amide bonds. The van der Waals surface area contributed by atoms with Crippen LogP contribution in [0.2, 0.25) is 0 Å². The van der Waals surface area contributed by atoms with Gasteiger partial charge in [0, 0.05) is 30.1 Å². The number of nitrogens with one attached hydrogen (secondary N) is 2. The number of carboxylic acid groups (broad SMARTS) is 1. The molecule has 3 rings (SSSR count). The van der Waals surface area contributed by atoms with Gasteiger partial charge in [-0.25, -0.2) is 4.39 Å². The Balaban J connectivity index is 1.71. The van der Waals surface area contributed by atoms with Crippen LogP contribution in [0.3, 0.4) is 0 Å². The van der Waals surface area contributed by atoms with Gasteiger partial charge in [0.1, 0.15) is 11.9 Å². The predicted molar refractivity (Wildman–Crippen MR) is 86.7 cm³/mol. The van der Waals surface area contributed by atoms with Crippen molar-refractivity contribution in [2.24, 2.45) is 0 Å². The summed E-state index contributed by atoms with van der Waals surface area (Å²) in [4.78, 5) is 14.7. The number of halogens is 1. The Morgan fingerprint density at radius 1 is 1.17 bits per heavy atom. The van der Waals surface area contributed by atoms with E-state index in [1.165, 1.54) is 12.1 Å². The minimum Gasteiger partial charge on any atom is -0.480 e. The van der Waals surface area contributed by atoms with Crippen molar-refractivity contribution in [2.75, 3.05) is 0 Å². The summed E-state index contributed by atoms with van der Waals surface area (Å²) >= 11 is 0. The first-order valence-corrected chi connectivity index (χ1v) is 7.39. The van der Waals surface area contributed by atoms with E-state index < -0.39 is 12.0 Å². The lowest BCUT2D eigenvalue weighted by atomic mass is 10.0. The van der Waals surface area contributed by atoms with Gasteiger partial charge in [0.25, 0.3) is 0 Å². The third-order valence-corrected chi connectivity index (χ3v) is 3.86. The summed E-state index contributed by atoms with van der Waals surface area (Å²) in [6.45, 7) is 0.375. The monoisotopic (exact) mass is 312 g/mol. The van der Waals surface area contributed by atoms with Gasteiger partial charge in [0.2, 0.25) is 0 Å². The first-order chi connectivity index (χ1) is 11.1. The fourth-order valence-electron chi connectivity index (χ4n) is 2.61. The molecule has 0 saturated carbocycles. The van der Waals surface area contributed by atoms with Crippen LogP contribution in [0, 0.1) is 5.82 Å². The molecule has 0 fully saturated rings. The Morgan fingerprint density at radius 2 is 1.91 bits per heavy atom. The van der Waals surface area contributed by atoms with E-state index in [-0.39, 0.29) is 5.82 Å². The highest BCUT2D eigenvalue weighted by molar-refractivity contribution is 5.84. The number of fused-ring (bicyclic) bond motifs is 1. The second-order valence-corrected chi connectivity index (χ2v) is 5.46. The van der Waals surface area contributed by atoms with Crippen LogP contribution in [-0.4, -0.2) is 22.1 Å². The van der Waals surface area contributed by atoms with E-state index in [2.05, 4.69) is 10.3 Å². The molecule has 2 aromatic carbocycles. The lowest BCUT2D eigenvalue weighted by molar-refractivity contribution is -0.139. The molecule has 118 valence electrons. The number of aromatic nitrogens is 1. The van der Waals surface area contributed by atoms with Crippen molar-refractivity contribution in [2.45, 2.75) is 19.0 Å². The Labute approximate surface area is 133 Å². The largest absolute Gasteiger partial charge is 0.480 e. The van der Waals surface area contributed by atoms with Crippen LogP contribution in [0.1, 0.15) is 11.1 Å². The molecule has 0 aliphatic heterocycles. The van der Waals surface area contributed by atoms with Crippen molar-refractivity contribution in [1.29, 1.82) is 0 Å². The molecule has 0 bridgehead atoms. The maximum atomic E-state index is 12.9. The van der Waals surface area contributed by atoms with Crippen LogP contribution >= 0.6 is 0 Å². The molecule has 0 spiro atoms. The van der Waals surface area contributed by atoms with Gasteiger partial charge < -0.3 is 15.4 Å². The third kappa shape index (κ3) is 3.57. The molecule has 1 aromatic heterocycles. The van der Waals surface area contributed by atoms with E-state index >= 15 is 0 Å². The van der Waals surface area contributed by atoms with Crippen LogP contribution in [-0.2, 0) is 17.8 Å². The topological polar surface area (TPSA) is 65.1 Å². The molecule has 0 aliphatic carbocycles. The average molecular weight is 312 g/mol. The number of carbonyl (C=O) groups is 1. The fraction of sp³-hybridized carbons (Fsp3) is 0.167. The van der Waals surface area contributed by atoms with Gasteiger partial charge in [-0.1, -0.05) is 30.3 Å². The lowest BCUT2D eigenvalue weighted by Crippen LogP contribution is -2.38. The van der Waals surface area contributed by atoms with Crippen LogP contribution in [0.4, 0.5) is 4.39 Å². The van der Waals surface area contributed by atoms with Crippen molar-refractivity contribution < 1.29 is 14.3 Å². The van der Waals surface area contributed by atoms with Gasteiger partial charge in [-0.15, -0.1) is 0 Å². The number of H-pyrrole nitrogens is 1. The highest BCUT2D eigenvalue weighted by Gasteiger charge is 2.19. The van der Waals surface area contributed by atoms with Crippen molar-refractivity contribution in [3.8, 4) is 0 Å². The van der Waals surface area contributed by atoms with Gasteiger partial charge >= 0.3 is 5.97 Å². The molecule has 0 saturated heterocycles. The smallest absolute Gasteiger partial charge is 0.321 e. The predicted octanol–water partition coefficient (Wildman–Crippen LogP) is 3.09. The zero-order valence-electron chi connectivity index (χ0n) is 12.4. The minimum atomic E-state index is -0.905. The number of rotatable bonds is 6. The second-order valence-electron chi connectivity index (χ2n) is 5.46. The molecule has 0 radical (unpaired) electrons. The van der Waals surface area contributed by atoms with Crippen LogP contribution in [0.15, 0.2) is 54.7 Å². The number of hydrogen-bond donors (Lipinski definition) is 3. The maximum absolute atomic E-state index is 12.9. The van der Waals surface area contributed by atoms with E-state index in [9.17, 15) is 14.3 Å². The van der Waals surface area contributed by atoms with E-state index in [1.54, 1.807) is 12.1 Å². The average Bonchev–Trinajstić information content (AvgIpc) is 2.96. The SMILES string of the molecule is O=C(O)C(Cc1c[nH]c2ccccc12)NCc1ccc(F)cc1. The number of aliphatic carboxylic acids is 1. The van der Waals surface area contributed by atoms with Gasteiger partial charge in [-0.05, 0) is 29.3 Å². The summed E-state index contributed by atoms with van der Waals surface area (Å²) in [5.74, 6) is -1.21. The molecule has 1 atom stereocenters. The molecule has 23 heavy (non-hydrogen) atoms. The molecule has 5 heteroatoms. The van der Waals surface area contributed by atoms with Gasteiger partial charge in [0.15, 0.2) is 0 Å². The van der Waals surface area contributed by atoms with Crippen molar-refractivity contribution >= 4 is 16.9 Å². The van der Waals surface area contributed by atoms with Crippen molar-refractivity contribution in [1.82, 2.24) is 10.3 Å². The third-order valence-electron chi connectivity index (χ3n) is 3.86. The number of hydrogen-bond acceptors (Lipinski definition) is 2. The number of carboxylic acids is 1. The van der Waals surface area contributed by atoms with Crippen LogP contribution in [0.5, 0.6) is 0 Å². The van der Waals surface area contributed by atoms with E-state index in [0.29, 0.717) is 13.0 Å². The molecule has 1 unspecified atom stereocenters. The summed E-state index contributed by atoms with van der Waals surface area (Å²) < 4.78 is 12.9. The fourth-order valence-corrected chi connectivity index (χ4v) is 2.61. The Hall–Kier alpha value is -2.66. The molecule has 1 heterocycles. The Morgan fingerprint density at radius 3 is 2.65 bits per heavy atom. The maximum Gasteiger partial charge on any atom is 0.321 e. The quantitative estimate of drug-likeness (QED) is 0.655. The number of aromatic amines is 1. The molecule has 3 N–H and O–H groups in total. The summed E-state index contributed by atoms with van der Waals surface area (Å²) in [5, 5.41) is 13.5. The van der Waals surface area contributed by atoms with E-state index in [1.807, 2.05) is 30.5 Å². The highest BCUT2D eigenvalue weighted by atomic mass is 19.1. The second kappa shape index (κ2) is 6.62. The summed E-state index contributed by atoms with van der Waals surface area (Å²) in [6, 6.07) is 13.1. The Bertz CT molecular complexity index is 811. The molecule has 3 aromatic rings. The van der Waals surface area contributed by atoms with Gasteiger partial charge in [0.05, 0.1) is 0 Å². The van der Waals surface area contributed by atoms with Crippen LogP contribution in [0.25, 0.3) is 10.9 Å². The molecule has 0 aliphatic rings. The summed E-state index contributed by atoms with van der Waals surface area (Å²) in [7, 11) is 0.